The van der Waals surface area contributed by atoms with Gasteiger partial charge in [-0.25, -0.2) is 0 Å². The van der Waals surface area contributed by atoms with Crippen LogP contribution in [0.1, 0.15) is 56.2 Å². The number of aliphatic imine (C=N–C) groups is 1. The molecule has 0 aromatic heterocycles. The molecule has 0 unspecified atom stereocenters. The van der Waals surface area contributed by atoms with Gasteiger partial charge in [-0.2, -0.15) is 13.2 Å². The zero-order valence-corrected chi connectivity index (χ0v) is 19.0. The monoisotopic (exact) mass is 445 g/mol. The summed E-state index contributed by atoms with van der Waals surface area (Å²) in [5.41, 5.74) is 9.84. The van der Waals surface area contributed by atoms with Crippen LogP contribution in [0.4, 0.5) is 13.2 Å². The first-order valence-electron chi connectivity index (χ1n) is 11.3. The lowest BCUT2D eigenvalue weighted by atomic mass is 10.0. The Labute approximate surface area is 189 Å². The first-order valence-corrected chi connectivity index (χ1v) is 11.3. The van der Waals surface area contributed by atoms with Gasteiger partial charge in [-0.3, -0.25) is 4.99 Å². The minimum Gasteiger partial charge on any atom is -0.383 e. The van der Waals surface area contributed by atoms with Gasteiger partial charge in [-0.05, 0) is 43.5 Å². The Morgan fingerprint density at radius 1 is 0.969 bits per heavy atom. The molecule has 2 aromatic carbocycles. The third kappa shape index (κ3) is 7.83. The average molecular weight is 446 g/mol. The van der Waals surface area contributed by atoms with Gasteiger partial charge < -0.3 is 11.1 Å². The van der Waals surface area contributed by atoms with Crippen molar-refractivity contribution < 1.29 is 13.2 Å². The van der Waals surface area contributed by atoms with Gasteiger partial charge in [0.2, 0.25) is 0 Å². The fourth-order valence-corrected chi connectivity index (χ4v) is 3.56. The second-order valence-electron chi connectivity index (χ2n) is 7.87. The van der Waals surface area contributed by atoms with Gasteiger partial charge in [0.15, 0.2) is 0 Å². The Morgan fingerprint density at radius 2 is 1.66 bits per heavy atom. The van der Waals surface area contributed by atoms with Gasteiger partial charge in [-0.1, -0.05) is 74.7 Å². The highest BCUT2D eigenvalue weighted by molar-refractivity contribution is 6.14. The maximum Gasteiger partial charge on any atom is 0.416 e. The van der Waals surface area contributed by atoms with Crippen molar-refractivity contribution in [1.82, 2.24) is 5.32 Å². The van der Waals surface area contributed by atoms with Gasteiger partial charge in [0.05, 0.1) is 23.5 Å². The van der Waals surface area contributed by atoms with E-state index in [9.17, 15) is 13.2 Å². The molecule has 0 atom stereocenters. The molecule has 0 amide bonds. The van der Waals surface area contributed by atoms with Crippen molar-refractivity contribution >= 4 is 5.71 Å². The van der Waals surface area contributed by atoms with E-state index in [1.807, 2.05) is 6.07 Å². The summed E-state index contributed by atoms with van der Waals surface area (Å²) in [6.45, 7) is 6.54. The summed E-state index contributed by atoms with van der Waals surface area (Å²) in [6, 6.07) is 16.0. The molecule has 1 heterocycles. The lowest BCUT2D eigenvalue weighted by Gasteiger charge is -2.12. The highest BCUT2D eigenvalue weighted by atomic mass is 19.4. The number of alkyl halides is 3. The average Bonchev–Trinajstić information content (AvgIpc) is 3.15. The van der Waals surface area contributed by atoms with E-state index in [4.69, 9.17) is 5.73 Å². The number of hydrogen-bond acceptors (Lipinski definition) is 3. The van der Waals surface area contributed by atoms with E-state index in [2.05, 4.69) is 48.4 Å². The standard InChI is InChI=1S/C17H24N2.C9H10F3N/c1-3-4-5-9-12-18-16-14(2)13-19-17(16)15-10-7-6-8-11-15;10-9(11,12)8-4-2-1-3-7(8)5-6-13/h6-8,10-11,18H,3-5,9,12-13H2,1-2H3;1-4H,5-6,13H2. The molecule has 0 aliphatic carbocycles. The summed E-state index contributed by atoms with van der Waals surface area (Å²) >= 11 is 0. The van der Waals surface area contributed by atoms with E-state index in [1.54, 1.807) is 6.07 Å². The largest absolute Gasteiger partial charge is 0.416 e. The van der Waals surface area contributed by atoms with E-state index in [0.717, 1.165) is 24.9 Å². The Bertz CT molecular complexity index is 887. The predicted molar refractivity (Wildman–Crippen MR) is 127 cm³/mol. The number of hydrogen-bond donors (Lipinski definition) is 2. The van der Waals surface area contributed by atoms with Crippen molar-refractivity contribution in [2.75, 3.05) is 19.6 Å². The highest BCUT2D eigenvalue weighted by Gasteiger charge is 2.32. The van der Waals surface area contributed by atoms with Crippen LogP contribution in [0.2, 0.25) is 0 Å². The molecule has 1 aliphatic rings. The van der Waals surface area contributed by atoms with E-state index in [-0.39, 0.29) is 18.5 Å². The van der Waals surface area contributed by atoms with E-state index >= 15 is 0 Å². The van der Waals surface area contributed by atoms with Gasteiger partial charge in [0.25, 0.3) is 0 Å². The molecule has 0 bridgehead atoms. The molecule has 0 saturated carbocycles. The number of nitrogens with one attached hydrogen (secondary N) is 1. The Balaban J connectivity index is 0.000000244. The van der Waals surface area contributed by atoms with Crippen molar-refractivity contribution in [3.63, 3.8) is 0 Å². The third-order valence-corrected chi connectivity index (χ3v) is 5.25. The van der Waals surface area contributed by atoms with Crippen LogP contribution in [-0.4, -0.2) is 25.3 Å². The zero-order valence-electron chi connectivity index (χ0n) is 19.0. The quantitative estimate of drug-likeness (QED) is 0.456. The molecule has 0 saturated heterocycles. The first kappa shape index (κ1) is 25.7. The molecular formula is C26H34F3N3. The SMILES string of the molecule is CCCCCCNC1=C(C)CN=C1c1ccccc1.NCCc1ccccc1C(F)(F)F. The lowest BCUT2D eigenvalue weighted by molar-refractivity contribution is -0.138. The van der Waals surface area contributed by atoms with Crippen molar-refractivity contribution in [2.45, 2.75) is 52.1 Å². The van der Waals surface area contributed by atoms with Gasteiger partial charge in [0, 0.05) is 12.1 Å². The Kier molecular flexibility index (Phi) is 10.5. The van der Waals surface area contributed by atoms with Crippen LogP contribution in [0.5, 0.6) is 0 Å². The molecule has 1 aliphatic heterocycles. The van der Waals surface area contributed by atoms with Crippen LogP contribution in [0.25, 0.3) is 0 Å². The number of nitrogens with two attached hydrogens (primary N) is 1. The van der Waals surface area contributed by atoms with Crippen molar-refractivity contribution in [3.05, 3.63) is 82.6 Å². The molecule has 0 spiro atoms. The van der Waals surface area contributed by atoms with E-state index in [1.165, 1.54) is 54.6 Å². The maximum atomic E-state index is 12.3. The molecule has 32 heavy (non-hydrogen) atoms. The Hall–Kier alpha value is -2.60. The van der Waals surface area contributed by atoms with Gasteiger partial charge in [-0.15, -0.1) is 0 Å². The van der Waals surface area contributed by atoms with Crippen molar-refractivity contribution in [3.8, 4) is 0 Å². The van der Waals surface area contributed by atoms with Crippen LogP contribution in [-0.2, 0) is 12.6 Å². The number of rotatable bonds is 9. The van der Waals surface area contributed by atoms with Crippen molar-refractivity contribution in [2.24, 2.45) is 10.7 Å². The number of halogens is 3. The molecule has 2 aromatic rings. The summed E-state index contributed by atoms with van der Waals surface area (Å²) in [6.07, 6.45) is 1.17. The fourth-order valence-electron chi connectivity index (χ4n) is 3.56. The Morgan fingerprint density at radius 3 is 2.31 bits per heavy atom. The molecule has 0 fully saturated rings. The molecule has 3 rings (SSSR count). The van der Waals surface area contributed by atoms with Gasteiger partial charge in [0.1, 0.15) is 0 Å². The maximum absolute atomic E-state index is 12.3. The molecule has 174 valence electrons. The number of benzene rings is 2. The minimum atomic E-state index is -4.27. The number of allylic oxidation sites excluding steroid dienone is 1. The van der Waals surface area contributed by atoms with Crippen LogP contribution < -0.4 is 11.1 Å². The van der Waals surface area contributed by atoms with Crippen LogP contribution in [0.3, 0.4) is 0 Å². The second-order valence-corrected chi connectivity index (χ2v) is 7.87. The smallest absolute Gasteiger partial charge is 0.383 e. The lowest BCUT2D eigenvalue weighted by Crippen LogP contribution is -2.21. The van der Waals surface area contributed by atoms with E-state index in [0.29, 0.717) is 0 Å². The van der Waals surface area contributed by atoms with E-state index < -0.39 is 11.7 Å². The summed E-state index contributed by atoms with van der Waals surface area (Å²) in [5, 5.41) is 3.59. The van der Waals surface area contributed by atoms with Gasteiger partial charge >= 0.3 is 6.18 Å². The van der Waals surface area contributed by atoms with Crippen LogP contribution >= 0.6 is 0 Å². The minimum absolute atomic E-state index is 0.229. The summed E-state index contributed by atoms with van der Waals surface area (Å²) < 4.78 is 37.0. The molecule has 0 radical (unpaired) electrons. The summed E-state index contributed by atoms with van der Waals surface area (Å²) in [4.78, 5) is 4.66. The molecule has 3 N–H and O–H groups in total. The van der Waals surface area contributed by atoms with Crippen LogP contribution in [0.15, 0.2) is 70.9 Å². The second kappa shape index (κ2) is 13.1. The van der Waals surface area contributed by atoms with Crippen molar-refractivity contribution in [1.29, 1.82) is 0 Å². The predicted octanol–water partition coefficient (Wildman–Crippen LogP) is 6.14. The molecule has 6 heteroatoms. The topological polar surface area (TPSA) is 50.4 Å². The fraction of sp³-hybridized carbons (Fsp3) is 0.423. The summed E-state index contributed by atoms with van der Waals surface area (Å²) in [7, 11) is 0. The zero-order chi connectivity index (χ0) is 23.4. The number of unbranched alkanes of at least 4 members (excludes halogenated alkanes) is 3. The number of nitrogens with zero attached hydrogens (tertiary/aromatic N) is 1. The summed E-state index contributed by atoms with van der Waals surface area (Å²) in [5.74, 6) is 0. The molecule has 3 nitrogen and oxygen atoms in total. The van der Waals surface area contributed by atoms with Crippen LogP contribution in [0, 0.1) is 0 Å². The molecular weight excluding hydrogens is 411 g/mol. The third-order valence-electron chi connectivity index (χ3n) is 5.25. The highest BCUT2D eigenvalue weighted by Crippen LogP contribution is 2.31. The first-order chi connectivity index (χ1) is 15.4. The normalized spacial score (nSPS) is 13.5.